The summed E-state index contributed by atoms with van der Waals surface area (Å²) < 4.78 is 0.852. The molecule has 3 rings (SSSR count). The van der Waals surface area contributed by atoms with Crippen molar-refractivity contribution in [2.24, 2.45) is 11.8 Å². The van der Waals surface area contributed by atoms with Crippen LogP contribution in [0.4, 0.5) is 0 Å². The van der Waals surface area contributed by atoms with Gasteiger partial charge in [0.2, 0.25) is 5.91 Å². The molecule has 2 saturated heterocycles. The Bertz CT molecular complexity index is 536. The van der Waals surface area contributed by atoms with Gasteiger partial charge in [-0.05, 0) is 49.9 Å². The highest BCUT2D eigenvalue weighted by Gasteiger charge is 2.26. The summed E-state index contributed by atoms with van der Waals surface area (Å²) in [5, 5.41) is 3.46. The van der Waals surface area contributed by atoms with Crippen LogP contribution in [0.15, 0.2) is 12.1 Å². The molecular weight excluding hydrogens is 342 g/mol. The van der Waals surface area contributed by atoms with Crippen LogP contribution in [0.5, 0.6) is 0 Å². The summed E-state index contributed by atoms with van der Waals surface area (Å²) in [6.07, 6.45) is 3.21. The molecule has 2 aliphatic rings. The summed E-state index contributed by atoms with van der Waals surface area (Å²) in [6, 6.07) is 4.06. The standard InChI is InChI=1S/C18H28ClN3OS/c1-14(15-3-2-6-20-12-15)11-18(23)22-9-7-21(8-10-22)13-16-4-5-17(19)24-16/h4-5,14-15,20H,2-3,6-13H2,1H3. The lowest BCUT2D eigenvalue weighted by molar-refractivity contribution is -0.134. The molecule has 1 amide bonds. The zero-order valence-corrected chi connectivity index (χ0v) is 16.0. The summed E-state index contributed by atoms with van der Waals surface area (Å²) in [5.41, 5.74) is 0. The predicted octanol–water partition coefficient (Wildman–Crippen LogP) is 3.07. The van der Waals surface area contributed by atoms with Crippen molar-refractivity contribution in [2.75, 3.05) is 39.3 Å². The van der Waals surface area contributed by atoms with Crippen LogP contribution in [0, 0.1) is 11.8 Å². The predicted molar refractivity (Wildman–Crippen MR) is 101 cm³/mol. The smallest absolute Gasteiger partial charge is 0.222 e. The minimum atomic E-state index is 0.340. The minimum absolute atomic E-state index is 0.340. The zero-order chi connectivity index (χ0) is 16.9. The molecule has 134 valence electrons. The SMILES string of the molecule is CC(CC(=O)N1CCN(Cc2ccc(Cl)s2)CC1)C1CCCNC1. The molecule has 1 N–H and O–H groups in total. The van der Waals surface area contributed by atoms with Crippen LogP contribution in [-0.2, 0) is 11.3 Å². The summed E-state index contributed by atoms with van der Waals surface area (Å²) in [5.74, 6) is 1.48. The van der Waals surface area contributed by atoms with Crippen LogP contribution < -0.4 is 5.32 Å². The number of thiophene rings is 1. The van der Waals surface area contributed by atoms with Gasteiger partial charge >= 0.3 is 0 Å². The van der Waals surface area contributed by atoms with E-state index in [4.69, 9.17) is 11.6 Å². The van der Waals surface area contributed by atoms with Gasteiger partial charge in [-0.15, -0.1) is 11.3 Å². The number of amides is 1. The first-order valence-corrected chi connectivity index (χ1v) is 10.3. The second kappa shape index (κ2) is 8.65. The molecule has 0 aliphatic carbocycles. The van der Waals surface area contributed by atoms with Crippen molar-refractivity contribution in [1.29, 1.82) is 0 Å². The number of piperidine rings is 1. The lowest BCUT2D eigenvalue weighted by Gasteiger charge is -2.36. The molecule has 4 nitrogen and oxygen atoms in total. The van der Waals surface area contributed by atoms with Crippen molar-refractivity contribution in [3.05, 3.63) is 21.3 Å². The Morgan fingerprint density at radius 1 is 1.38 bits per heavy atom. The molecule has 1 aromatic heterocycles. The monoisotopic (exact) mass is 369 g/mol. The molecule has 0 spiro atoms. The van der Waals surface area contributed by atoms with Gasteiger partial charge in [-0.3, -0.25) is 9.69 Å². The van der Waals surface area contributed by atoms with Gasteiger partial charge in [-0.1, -0.05) is 18.5 Å². The van der Waals surface area contributed by atoms with E-state index in [1.54, 1.807) is 11.3 Å². The van der Waals surface area contributed by atoms with Crippen LogP contribution >= 0.6 is 22.9 Å². The molecule has 2 fully saturated rings. The van der Waals surface area contributed by atoms with Gasteiger partial charge in [0.15, 0.2) is 0 Å². The number of carbonyl (C=O) groups is 1. The second-order valence-electron chi connectivity index (χ2n) is 7.15. The molecule has 0 aromatic carbocycles. The molecule has 24 heavy (non-hydrogen) atoms. The molecule has 6 heteroatoms. The van der Waals surface area contributed by atoms with Crippen molar-refractivity contribution in [2.45, 2.75) is 32.7 Å². The fraction of sp³-hybridized carbons (Fsp3) is 0.722. The van der Waals surface area contributed by atoms with Gasteiger partial charge in [0.25, 0.3) is 0 Å². The van der Waals surface area contributed by atoms with Crippen molar-refractivity contribution in [1.82, 2.24) is 15.1 Å². The maximum absolute atomic E-state index is 12.6. The molecule has 0 radical (unpaired) electrons. The first kappa shape index (κ1) is 18.2. The van der Waals surface area contributed by atoms with Crippen molar-refractivity contribution < 1.29 is 4.79 Å². The molecule has 2 unspecified atom stereocenters. The highest BCUT2D eigenvalue weighted by molar-refractivity contribution is 7.16. The van der Waals surface area contributed by atoms with Gasteiger partial charge in [0.05, 0.1) is 4.34 Å². The Balaban J connectivity index is 1.41. The van der Waals surface area contributed by atoms with E-state index < -0.39 is 0 Å². The first-order valence-electron chi connectivity index (χ1n) is 9.07. The number of carbonyl (C=O) groups excluding carboxylic acids is 1. The summed E-state index contributed by atoms with van der Waals surface area (Å²) in [6.45, 7) is 9.03. The summed E-state index contributed by atoms with van der Waals surface area (Å²) in [4.78, 5) is 18.4. The Labute approximate surface area is 154 Å². The largest absolute Gasteiger partial charge is 0.340 e. The van der Waals surface area contributed by atoms with Gasteiger partial charge in [0, 0.05) is 44.0 Å². The maximum atomic E-state index is 12.6. The Hall–Kier alpha value is -0.620. The van der Waals surface area contributed by atoms with Gasteiger partial charge < -0.3 is 10.2 Å². The topological polar surface area (TPSA) is 35.6 Å². The van der Waals surface area contributed by atoms with Crippen LogP contribution in [0.2, 0.25) is 4.34 Å². The van der Waals surface area contributed by atoms with E-state index in [0.717, 1.165) is 50.1 Å². The van der Waals surface area contributed by atoms with Crippen molar-refractivity contribution in [3.8, 4) is 0 Å². The number of hydrogen-bond acceptors (Lipinski definition) is 4. The number of piperazine rings is 1. The second-order valence-corrected chi connectivity index (χ2v) is 8.95. The third kappa shape index (κ3) is 4.94. The van der Waals surface area contributed by atoms with E-state index >= 15 is 0 Å². The number of nitrogens with zero attached hydrogens (tertiary/aromatic N) is 2. The fourth-order valence-electron chi connectivity index (χ4n) is 3.75. The molecule has 0 bridgehead atoms. The molecule has 1 aromatic rings. The third-order valence-corrected chi connectivity index (χ3v) is 6.59. The maximum Gasteiger partial charge on any atom is 0.222 e. The average Bonchev–Trinajstić information content (AvgIpc) is 3.01. The van der Waals surface area contributed by atoms with E-state index in [1.807, 2.05) is 6.07 Å². The van der Waals surface area contributed by atoms with Crippen molar-refractivity contribution >= 4 is 28.8 Å². The van der Waals surface area contributed by atoms with E-state index in [2.05, 4.69) is 28.1 Å². The van der Waals surface area contributed by atoms with Crippen LogP contribution in [-0.4, -0.2) is 55.0 Å². The van der Waals surface area contributed by atoms with Crippen LogP contribution in [0.1, 0.15) is 31.1 Å². The number of nitrogens with one attached hydrogen (secondary N) is 1. The highest BCUT2D eigenvalue weighted by Crippen LogP contribution is 2.25. The van der Waals surface area contributed by atoms with Gasteiger partial charge in [0.1, 0.15) is 0 Å². The molecule has 2 aliphatic heterocycles. The summed E-state index contributed by atoms with van der Waals surface area (Å²) in [7, 11) is 0. The molecular formula is C18H28ClN3OS. The van der Waals surface area contributed by atoms with E-state index in [9.17, 15) is 4.79 Å². The molecule has 2 atom stereocenters. The fourth-order valence-corrected chi connectivity index (χ4v) is 4.88. The van der Waals surface area contributed by atoms with Crippen LogP contribution in [0.3, 0.4) is 0 Å². The minimum Gasteiger partial charge on any atom is -0.340 e. The molecule has 0 saturated carbocycles. The van der Waals surface area contributed by atoms with E-state index in [-0.39, 0.29) is 0 Å². The highest BCUT2D eigenvalue weighted by atomic mass is 35.5. The van der Waals surface area contributed by atoms with Gasteiger partial charge in [-0.25, -0.2) is 0 Å². The Morgan fingerprint density at radius 3 is 2.79 bits per heavy atom. The van der Waals surface area contributed by atoms with Gasteiger partial charge in [-0.2, -0.15) is 0 Å². The Kier molecular flexibility index (Phi) is 6.56. The first-order chi connectivity index (χ1) is 11.6. The van der Waals surface area contributed by atoms with Crippen LogP contribution in [0.25, 0.3) is 0 Å². The molecule has 3 heterocycles. The normalized spacial score (nSPS) is 24.1. The Morgan fingerprint density at radius 2 is 2.17 bits per heavy atom. The lowest BCUT2D eigenvalue weighted by Crippen LogP contribution is -2.48. The number of rotatable bonds is 5. The summed E-state index contributed by atoms with van der Waals surface area (Å²) >= 11 is 7.65. The lowest BCUT2D eigenvalue weighted by atomic mass is 9.85. The van der Waals surface area contributed by atoms with E-state index in [1.165, 1.54) is 17.7 Å². The number of halogens is 1. The third-order valence-electron chi connectivity index (χ3n) is 5.37. The average molecular weight is 370 g/mol. The van der Waals surface area contributed by atoms with E-state index in [0.29, 0.717) is 24.2 Å². The quantitative estimate of drug-likeness (QED) is 0.866. The zero-order valence-electron chi connectivity index (χ0n) is 14.5. The van der Waals surface area contributed by atoms with Crippen molar-refractivity contribution in [3.63, 3.8) is 0 Å². The number of hydrogen-bond donors (Lipinski definition) is 1.